The van der Waals surface area contributed by atoms with Crippen molar-refractivity contribution in [3.8, 4) is 0 Å². The van der Waals surface area contributed by atoms with Gasteiger partial charge in [-0.1, -0.05) is 27.7 Å². The molecule has 1 aromatic rings. The molecule has 3 rings (SSSR count). The average molecular weight is 292 g/mol. The van der Waals surface area contributed by atoms with Crippen molar-refractivity contribution in [3.63, 3.8) is 0 Å². The fourth-order valence-corrected chi connectivity index (χ4v) is 3.38. The molecule has 21 heavy (non-hydrogen) atoms. The summed E-state index contributed by atoms with van der Waals surface area (Å²) in [5.41, 5.74) is 7.17. The predicted octanol–water partition coefficient (Wildman–Crippen LogP) is 2.24. The number of H-pyrrole nitrogens is 1. The van der Waals surface area contributed by atoms with Gasteiger partial charge >= 0.3 is 0 Å². The fraction of sp³-hybridized carbons (Fsp3) is 0.750. The Labute approximate surface area is 127 Å². The van der Waals surface area contributed by atoms with Crippen molar-refractivity contribution in [1.82, 2.24) is 9.97 Å². The molecule has 1 aliphatic heterocycles. The van der Waals surface area contributed by atoms with Crippen LogP contribution in [0.25, 0.3) is 0 Å². The monoisotopic (exact) mass is 292 g/mol. The first-order chi connectivity index (χ1) is 9.99. The van der Waals surface area contributed by atoms with Gasteiger partial charge in [-0.25, -0.2) is 4.98 Å². The number of hydrogen-bond donors (Lipinski definition) is 2. The smallest absolute Gasteiger partial charge is 0.291 e. The molecule has 2 fully saturated rings. The Balaban J connectivity index is 0.000000774. The number of nitrogens with two attached hydrogens (primary N) is 1. The highest BCUT2D eigenvalue weighted by Gasteiger charge is 2.48. The minimum Gasteiger partial charge on any atom is -0.351 e. The van der Waals surface area contributed by atoms with Crippen molar-refractivity contribution in [2.45, 2.75) is 58.9 Å². The van der Waals surface area contributed by atoms with Gasteiger partial charge in [0.25, 0.3) is 5.56 Å². The summed E-state index contributed by atoms with van der Waals surface area (Å²) in [6, 6.07) is 0.344. The number of aromatic nitrogens is 2. The van der Waals surface area contributed by atoms with Gasteiger partial charge in [-0.05, 0) is 25.2 Å². The summed E-state index contributed by atoms with van der Waals surface area (Å²) >= 11 is 0. The molecule has 118 valence electrons. The van der Waals surface area contributed by atoms with E-state index in [0.717, 1.165) is 31.6 Å². The van der Waals surface area contributed by atoms with Crippen LogP contribution in [-0.4, -0.2) is 29.1 Å². The summed E-state index contributed by atoms with van der Waals surface area (Å²) in [6.07, 6.45) is 5.18. The first kappa shape index (κ1) is 16.0. The van der Waals surface area contributed by atoms with Crippen LogP contribution in [-0.2, 0) is 0 Å². The molecule has 5 heteroatoms. The SMILES string of the molecule is CC.CC(C)c1cnc(N2CC3(CCC(N)C3)C2)c(=O)[nH]1. The van der Waals surface area contributed by atoms with E-state index < -0.39 is 0 Å². The van der Waals surface area contributed by atoms with E-state index in [-0.39, 0.29) is 5.56 Å². The second kappa shape index (κ2) is 6.18. The number of nitrogens with zero attached hydrogens (tertiary/aromatic N) is 2. The van der Waals surface area contributed by atoms with Crippen LogP contribution in [0.4, 0.5) is 5.82 Å². The lowest BCUT2D eigenvalue weighted by Gasteiger charge is -2.48. The van der Waals surface area contributed by atoms with Gasteiger partial charge in [0.2, 0.25) is 0 Å². The van der Waals surface area contributed by atoms with Crippen LogP contribution in [0.15, 0.2) is 11.0 Å². The summed E-state index contributed by atoms with van der Waals surface area (Å²) in [6.45, 7) is 9.95. The highest BCUT2D eigenvalue weighted by atomic mass is 16.1. The third-order valence-electron chi connectivity index (χ3n) is 4.50. The molecule has 3 N–H and O–H groups in total. The van der Waals surface area contributed by atoms with E-state index in [1.54, 1.807) is 6.20 Å². The Kier molecular flexibility index (Phi) is 4.71. The lowest BCUT2D eigenvalue weighted by Crippen LogP contribution is -2.57. The van der Waals surface area contributed by atoms with Crippen molar-refractivity contribution in [2.24, 2.45) is 11.1 Å². The van der Waals surface area contributed by atoms with Crippen molar-refractivity contribution >= 4 is 5.82 Å². The van der Waals surface area contributed by atoms with Gasteiger partial charge in [-0.3, -0.25) is 4.79 Å². The summed E-state index contributed by atoms with van der Waals surface area (Å²) < 4.78 is 0. The molecule has 0 radical (unpaired) electrons. The number of anilines is 1. The van der Waals surface area contributed by atoms with Crippen LogP contribution >= 0.6 is 0 Å². The standard InChI is InChI=1S/C14H22N4O.C2H6/c1-9(2)11-6-16-12(13(19)17-11)18-7-14(8-18)4-3-10(15)5-14;1-2/h6,9-10H,3-5,7-8,15H2,1-2H3,(H,17,19);1-2H3. The van der Waals surface area contributed by atoms with Crippen molar-refractivity contribution in [2.75, 3.05) is 18.0 Å². The first-order valence-corrected chi connectivity index (χ1v) is 8.09. The second-order valence-corrected chi connectivity index (χ2v) is 6.50. The summed E-state index contributed by atoms with van der Waals surface area (Å²) in [5, 5.41) is 0. The fourth-order valence-electron chi connectivity index (χ4n) is 3.38. The molecule has 0 aromatic carbocycles. The Bertz CT molecular complexity index is 531. The molecule has 1 aliphatic carbocycles. The highest BCUT2D eigenvalue weighted by Crippen LogP contribution is 2.45. The molecule has 2 aliphatic rings. The van der Waals surface area contributed by atoms with Crippen LogP contribution in [0, 0.1) is 5.41 Å². The molecule has 1 aromatic heterocycles. The van der Waals surface area contributed by atoms with E-state index in [1.165, 1.54) is 6.42 Å². The molecule has 5 nitrogen and oxygen atoms in total. The molecular formula is C16H28N4O. The second-order valence-electron chi connectivity index (χ2n) is 6.50. The maximum Gasteiger partial charge on any atom is 0.291 e. The van der Waals surface area contributed by atoms with Gasteiger partial charge in [0.1, 0.15) is 0 Å². The zero-order valence-corrected chi connectivity index (χ0v) is 13.6. The van der Waals surface area contributed by atoms with Gasteiger partial charge in [-0.2, -0.15) is 0 Å². The van der Waals surface area contributed by atoms with E-state index in [4.69, 9.17) is 5.73 Å². The summed E-state index contributed by atoms with van der Waals surface area (Å²) in [5.74, 6) is 0.861. The molecule has 0 amide bonds. The van der Waals surface area contributed by atoms with Crippen LogP contribution < -0.4 is 16.2 Å². The maximum absolute atomic E-state index is 12.1. The molecule has 1 unspecified atom stereocenters. The van der Waals surface area contributed by atoms with Crippen molar-refractivity contribution in [1.29, 1.82) is 0 Å². The lowest BCUT2D eigenvalue weighted by molar-refractivity contribution is 0.217. The highest BCUT2D eigenvalue weighted by molar-refractivity contribution is 5.42. The lowest BCUT2D eigenvalue weighted by atomic mass is 9.78. The number of nitrogens with one attached hydrogen (secondary N) is 1. The molecule has 2 heterocycles. The van der Waals surface area contributed by atoms with Gasteiger partial charge in [0.15, 0.2) is 5.82 Å². The molecule has 0 bridgehead atoms. The Morgan fingerprint density at radius 3 is 2.57 bits per heavy atom. The normalized spacial score (nSPS) is 23.0. The average Bonchev–Trinajstić information content (AvgIpc) is 2.82. The third-order valence-corrected chi connectivity index (χ3v) is 4.50. The van der Waals surface area contributed by atoms with E-state index in [0.29, 0.717) is 23.2 Å². The molecule has 1 saturated carbocycles. The van der Waals surface area contributed by atoms with E-state index >= 15 is 0 Å². The quantitative estimate of drug-likeness (QED) is 0.876. The van der Waals surface area contributed by atoms with Crippen LogP contribution in [0.5, 0.6) is 0 Å². The van der Waals surface area contributed by atoms with Crippen molar-refractivity contribution < 1.29 is 0 Å². The Morgan fingerprint density at radius 2 is 2.10 bits per heavy atom. The molecule has 1 saturated heterocycles. The zero-order chi connectivity index (χ0) is 15.6. The zero-order valence-electron chi connectivity index (χ0n) is 13.6. The topological polar surface area (TPSA) is 75.0 Å². The number of hydrogen-bond acceptors (Lipinski definition) is 4. The summed E-state index contributed by atoms with van der Waals surface area (Å²) in [7, 11) is 0. The van der Waals surface area contributed by atoms with Crippen LogP contribution in [0.2, 0.25) is 0 Å². The molecular weight excluding hydrogens is 264 g/mol. The Hall–Kier alpha value is -1.36. The number of aromatic amines is 1. The third kappa shape index (κ3) is 3.12. The minimum absolute atomic E-state index is 0.0663. The molecule has 1 spiro atoms. The maximum atomic E-state index is 12.1. The minimum atomic E-state index is -0.0663. The first-order valence-electron chi connectivity index (χ1n) is 8.09. The Morgan fingerprint density at radius 1 is 1.43 bits per heavy atom. The molecule has 1 atom stereocenters. The number of rotatable bonds is 2. The van der Waals surface area contributed by atoms with Crippen molar-refractivity contribution in [3.05, 3.63) is 22.2 Å². The van der Waals surface area contributed by atoms with E-state index in [2.05, 4.69) is 14.9 Å². The van der Waals surface area contributed by atoms with Crippen LogP contribution in [0.1, 0.15) is 58.6 Å². The van der Waals surface area contributed by atoms with Gasteiger partial charge in [-0.15, -0.1) is 0 Å². The van der Waals surface area contributed by atoms with E-state index in [9.17, 15) is 4.79 Å². The summed E-state index contributed by atoms with van der Waals surface area (Å²) in [4.78, 5) is 21.4. The predicted molar refractivity (Wildman–Crippen MR) is 86.8 cm³/mol. The van der Waals surface area contributed by atoms with E-state index in [1.807, 2.05) is 27.7 Å². The largest absolute Gasteiger partial charge is 0.351 e. The van der Waals surface area contributed by atoms with Gasteiger partial charge < -0.3 is 15.6 Å². The van der Waals surface area contributed by atoms with Crippen LogP contribution in [0.3, 0.4) is 0 Å². The van der Waals surface area contributed by atoms with Gasteiger partial charge in [0.05, 0.1) is 0 Å². The van der Waals surface area contributed by atoms with Gasteiger partial charge in [0, 0.05) is 36.4 Å².